The van der Waals surface area contributed by atoms with Crippen LogP contribution in [0.2, 0.25) is 0 Å². The lowest BCUT2D eigenvalue weighted by molar-refractivity contribution is -0.137. The van der Waals surface area contributed by atoms with Gasteiger partial charge in [0.2, 0.25) is 0 Å². The zero-order valence-corrected chi connectivity index (χ0v) is 13.2. The van der Waals surface area contributed by atoms with Gasteiger partial charge in [0, 0.05) is 6.08 Å². The minimum Gasteiger partial charge on any atom is -0.463 e. The Morgan fingerprint density at radius 1 is 1.20 bits per heavy atom. The van der Waals surface area contributed by atoms with Gasteiger partial charge in [-0.05, 0) is 46.1 Å². The lowest BCUT2D eigenvalue weighted by atomic mass is 10.0. The Morgan fingerprint density at radius 3 is 2.10 bits per heavy atom. The third-order valence-electron chi connectivity index (χ3n) is 2.57. The van der Waals surface area contributed by atoms with E-state index in [9.17, 15) is 17.8 Å². The number of esters is 1. The van der Waals surface area contributed by atoms with Crippen LogP contribution < -0.4 is 0 Å². The molecule has 0 heterocycles. The number of hydrogen-bond donors (Lipinski definition) is 1. The highest BCUT2D eigenvalue weighted by Crippen LogP contribution is 2.27. The molecule has 0 bridgehead atoms. The van der Waals surface area contributed by atoms with Crippen molar-refractivity contribution in [1.82, 2.24) is 0 Å². The number of ether oxygens (including phenoxy) is 1. The first-order chi connectivity index (χ1) is 9.11. The maximum Gasteiger partial charge on any atom is 0.330 e. The van der Waals surface area contributed by atoms with Crippen molar-refractivity contribution in [3.05, 3.63) is 34.3 Å². The van der Waals surface area contributed by atoms with Gasteiger partial charge in [0.25, 0.3) is 10.1 Å². The summed E-state index contributed by atoms with van der Waals surface area (Å²) in [5.74, 6) is -0.513. The van der Waals surface area contributed by atoms with Gasteiger partial charge in [-0.2, -0.15) is 8.42 Å². The Morgan fingerprint density at radius 2 is 1.75 bits per heavy atom. The van der Waals surface area contributed by atoms with E-state index in [4.69, 9.17) is 4.74 Å². The predicted molar refractivity (Wildman–Crippen MR) is 78.7 cm³/mol. The predicted octanol–water partition coefficient (Wildman–Crippen LogP) is 3.01. The molecule has 0 aromatic heterocycles. The van der Waals surface area contributed by atoms with Crippen molar-refractivity contribution in [2.24, 2.45) is 0 Å². The molecule has 114 valence electrons. The van der Waals surface area contributed by atoms with E-state index >= 15 is 0 Å². The quantitative estimate of drug-likeness (QED) is 0.257. The van der Waals surface area contributed by atoms with Gasteiger partial charge in [-0.3, -0.25) is 4.55 Å². The smallest absolute Gasteiger partial charge is 0.330 e. The minimum absolute atomic E-state index is 0.0486. The van der Waals surface area contributed by atoms with E-state index < -0.39 is 16.1 Å². The van der Waals surface area contributed by atoms with Crippen LogP contribution in [0.1, 0.15) is 40.5 Å². The van der Waals surface area contributed by atoms with Gasteiger partial charge in [-0.25, -0.2) is 4.79 Å². The summed E-state index contributed by atoms with van der Waals surface area (Å²) in [5.41, 5.74) is 1.88. The third kappa shape index (κ3) is 6.16. The van der Waals surface area contributed by atoms with Gasteiger partial charge in [0.1, 0.15) is 0 Å². The summed E-state index contributed by atoms with van der Waals surface area (Å²) in [6, 6.07) is 0. The second kappa shape index (κ2) is 8.01. The molecule has 0 spiro atoms. The van der Waals surface area contributed by atoms with Crippen LogP contribution in [-0.4, -0.2) is 25.5 Å². The molecule has 0 saturated heterocycles. The maximum absolute atomic E-state index is 11.5. The van der Waals surface area contributed by atoms with Crippen LogP contribution in [0.15, 0.2) is 34.3 Å². The van der Waals surface area contributed by atoms with Crippen LogP contribution in [0.25, 0.3) is 0 Å². The normalized spacial score (nSPS) is 10.7. The first-order valence-electron chi connectivity index (χ1n) is 6.22. The lowest BCUT2D eigenvalue weighted by Gasteiger charge is -2.14. The molecular formula is C14H22O5S. The highest BCUT2D eigenvalue weighted by atomic mass is 32.2. The van der Waals surface area contributed by atoms with Gasteiger partial charge < -0.3 is 4.74 Å². The standard InChI is InChI=1S/C14H22O5S/c1-6-13(15)19-9-7-8-12(10(2)3)14(11(4)5)20(16,17)18/h6H,1,7-9H2,2-5H3,(H,16,17,18). The molecule has 0 atom stereocenters. The molecule has 20 heavy (non-hydrogen) atoms. The molecule has 6 heteroatoms. The summed E-state index contributed by atoms with van der Waals surface area (Å²) in [6.45, 7) is 10.3. The van der Waals surface area contributed by atoms with Gasteiger partial charge in [0.15, 0.2) is 0 Å². The van der Waals surface area contributed by atoms with Crippen molar-refractivity contribution >= 4 is 16.1 Å². The van der Waals surface area contributed by atoms with E-state index in [1.807, 2.05) is 0 Å². The Bertz CT molecular complexity index is 530. The van der Waals surface area contributed by atoms with Crippen molar-refractivity contribution in [3.63, 3.8) is 0 Å². The second-order valence-electron chi connectivity index (χ2n) is 4.76. The Labute approximate surface area is 120 Å². The van der Waals surface area contributed by atoms with Crippen LogP contribution >= 0.6 is 0 Å². The molecule has 5 nitrogen and oxygen atoms in total. The van der Waals surface area contributed by atoms with Crippen molar-refractivity contribution in [3.8, 4) is 0 Å². The van der Waals surface area contributed by atoms with Gasteiger partial charge >= 0.3 is 5.97 Å². The van der Waals surface area contributed by atoms with E-state index in [1.165, 1.54) is 0 Å². The monoisotopic (exact) mass is 302 g/mol. The summed E-state index contributed by atoms with van der Waals surface area (Å²) >= 11 is 0. The SMILES string of the molecule is C=CC(=O)OCCCC(=C(C)C)C(=C(C)C)S(=O)(=O)O. The molecule has 0 fully saturated rings. The molecule has 0 amide bonds. The van der Waals surface area contributed by atoms with Crippen LogP contribution in [0.4, 0.5) is 0 Å². The average molecular weight is 302 g/mol. The summed E-state index contributed by atoms with van der Waals surface area (Å²) in [5, 5.41) is 0. The summed E-state index contributed by atoms with van der Waals surface area (Å²) in [4.78, 5) is 10.8. The molecule has 0 aliphatic heterocycles. The van der Waals surface area contributed by atoms with Crippen molar-refractivity contribution < 1.29 is 22.5 Å². The van der Waals surface area contributed by atoms with Crippen molar-refractivity contribution in [2.75, 3.05) is 6.61 Å². The maximum atomic E-state index is 11.5. The largest absolute Gasteiger partial charge is 0.463 e. The van der Waals surface area contributed by atoms with Gasteiger partial charge in [-0.1, -0.05) is 17.7 Å². The molecule has 0 aliphatic carbocycles. The molecule has 0 aromatic rings. The molecule has 0 rings (SSSR count). The molecule has 1 N–H and O–H groups in total. The summed E-state index contributed by atoms with van der Waals surface area (Å²) in [6.07, 6.45) is 1.93. The molecule has 0 aromatic carbocycles. The van der Waals surface area contributed by atoms with Crippen LogP contribution in [0.3, 0.4) is 0 Å². The number of carbonyl (C=O) groups excluding carboxylic acids is 1. The third-order valence-corrected chi connectivity index (χ3v) is 3.74. The summed E-state index contributed by atoms with van der Waals surface area (Å²) in [7, 11) is -4.27. The average Bonchev–Trinajstić information content (AvgIpc) is 2.29. The van der Waals surface area contributed by atoms with Crippen molar-refractivity contribution in [2.45, 2.75) is 40.5 Å². The fraction of sp³-hybridized carbons (Fsp3) is 0.500. The van der Waals surface area contributed by atoms with Crippen LogP contribution in [0, 0.1) is 0 Å². The Hall–Kier alpha value is -1.40. The number of rotatable bonds is 7. The zero-order chi connectivity index (χ0) is 15.9. The second-order valence-corrected chi connectivity index (χ2v) is 6.12. The van der Waals surface area contributed by atoms with E-state index in [2.05, 4.69) is 6.58 Å². The summed E-state index contributed by atoms with van der Waals surface area (Å²) < 4.78 is 37.1. The molecular weight excluding hydrogens is 280 g/mol. The lowest BCUT2D eigenvalue weighted by Crippen LogP contribution is -2.09. The van der Waals surface area contributed by atoms with E-state index in [1.54, 1.807) is 27.7 Å². The fourth-order valence-corrected chi connectivity index (χ4v) is 2.92. The first kappa shape index (κ1) is 18.6. The number of hydrogen-bond acceptors (Lipinski definition) is 4. The molecule has 0 aliphatic rings. The van der Waals surface area contributed by atoms with Crippen LogP contribution in [0.5, 0.6) is 0 Å². The van der Waals surface area contributed by atoms with Gasteiger partial charge in [-0.15, -0.1) is 0 Å². The Balaban J connectivity index is 5.04. The van der Waals surface area contributed by atoms with E-state index in [0.717, 1.165) is 11.6 Å². The van der Waals surface area contributed by atoms with Crippen LogP contribution in [-0.2, 0) is 19.6 Å². The minimum atomic E-state index is -4.27. The molecule has 0 radical (unpaired) electrons. The highest BCUT2D eigenvalue weighted by Gasteiger charge is 2.21. The first-order valence-corrected chi connectivity index (χ1v) is 7.66. The number of allylic oxidation sites excluding steroid dienone is 3. The van der Waals surface area contributed by atoms with E-state index in [0.29, 0.717) is 24.0 Å². The van der Waals surface area contributed by atoms with Crippen molar-refractivity contribution in [1.29, 1.82) is 0 Å². The van der Waals surface area contributed by atoms with E-state index in [-0.39, 0.29) is 11.5 Å². The highest BCUT2D eigenvalue weighted by molar-refractivity contribution is 7.90. The molecule has 0 unspecified atom stereocenters. The zero-order valence-electron chi connectivity index (χ0n) is 12.4. The Kier molecular flexibility index (Phi) is 7.45. The molecule has 0 saturated carbocycles. The topological polar surface area (TPSA) is 80.7 Å². The number of carbonyl (C=O) groups is 1. The van der Waals surface area contributed by atoms with Gasteiger partial charge in [0.05, 0.1) is 11.5 Å². The fourth-order valence-electron chi connectivity index (χ4n) is 1.79.